The summed E-state index contributed by atoms with van der Waals surface area (Å²) in [6, 6.07) is 25.7. The Kier molecular flexibility index (Phi) is 7.35. The Hall–Kier alpha value is -4.33. The molecule has 8 heteroatoms. The maximum atomic E-state index is 14.3. The second kappa shape index (κ2) is 11.2. The van der Waals surface area contributed by atoms with Crippen LogP contribution >= 0.6 is 0 Å². The van der Waals surface area contributed by atoms with Gasteiger partial charge in [-0.3, -0.25) is 9.13 Å². The Labute approximate surface area is 214 Å². The van der Waals surface area contributed by atoms with Crippen LogP contribution in [0.15, 0.2) is 83.7 Å². The molecule has 0 aliphatic carbocycles. The molecule has 0 saturated heterocycles. The molecule has 0 radical (unpaired) electrons. The minimum atomic E-state index is -0.666. The smallest absolute Gasteiger partial charge is 0.292 e. The van der Waals surface area contributed by atoms with E-state index in [4.69, 9.17) is 0 Å². The Bertz CT molecular complexity index is 1500. The molecule has 0 saturated carbocycles. The molecule has 2 heterocycles. The molecule has 0 amide bonds. The van der Waals surface area contributed by atoms with Gasteiger partial charge in [0.05, 0.1) is 18.8 Å². The fourth-order valence-electron chi connectivity index (χ4n) is 4.74. The monoisotopic (exact) mass is 496 g/mol. The first kappa shape index (κ1) is 24.4. The summed E-state index contributed by atoms with van der Waals surface area (Å²) in [4.78, 5) is 13.5. The summed E-state index contributed by atoms with van der Waals surface area (Å²) in [5.41, 5.74) is 5.97. The van der Waals surface area contributed by atoms with Crippen molar-refractivity contribution < 1.29 is 4.39 Å². The highest BCUT2D eigenvalue weighted by atomic mass is 19.1. The van der Waals surface area contributed by atoms with Crippen molar-refractivity contribution in [2.24, 2.45) is 0 Å². The lowest BCUT2D eigenvalue weighted by molar-refractivity contribution is 0.456. The van der Waals surface area contributed by atoms with Crippen molar-refractivity contribution in [3.63, 3.8) is 0 Å². The molecular formula is C29H29FN6O. The quantitative estimate of drug-likeness (QED) is 0.281. The first-order valence-electron chi connectivity index (χ1n) is 12.5. The molecule has 7 nitrogen and oxygen atoms in total. The van der Waals surface area contributed by atoms with Crippen molar-refractivity contribution >= 4 is 0 Å². The molecule has 0 spiro atoms. The molecule has 0 aliphatic rings. The summed E-state index contributed by atoms with van der Waals surface area (Å²) in [6.07, 6.45) is 2.54. The van der Waals surface area contributed by atoms with Crippen LogP contribution in [-0.4, -0.2) is 29.8 Å². The highest BCUT2D eigenvalue weighted by molar-refractivity contribution is 5.80. The number of H-pyrrole nitrogens is 1. The third-order valence-corrected chi connectivity index (χ3v) is 6.66. The van der Waals surface area contributed by atoms with Crippen LogP contribution in [0.4, 0.5) is 4.39 Å². The molecule has 37 heavy (non-hydrogen) atoms. The third kappa shape index (κ3) is 5.14. The van der Waals surface area contributed by atoms with Crippen LogP contribution in [0.25, 0.3) is 22.5 Å². The van der Waals surface area contributed by atoms with Gasteiger partial charge in [0, 0.05) is 11.3 Å². The number of aromatic amines is 1. The molecule has 1 N–H and O–H groups in total. The zero-order valence-corrected chi connectivity index (χ0v) is 20.8. The number of rotatable bonds is 10. The molecule has 0 aliphatic heterocycles. The Morgan fingerprint density at radius 1 is 0.811 bits per heavy atom. The molecule has 0 fully saturated rings. The van der Waals surface area contributed by atoms with Crippen molar-refractivity contribution in [3.05, 3.63) is 112 Å². The van der Waals surface area contributed by atoms with E-state index in [0.717, 1.165) is 46.4 Å². The first-order chi connectivity index (χ1) is 18.2. The molecule has 0 atom stereocenters. The van der Waals surface area contributed by atoms with E-state index in [1.165, 1.54) is 0 Å². The van der Waals surface area contributed by atoms with Crippen LogP contribution in [0.5, 0.6) is 0 Å². The second-order valence-electron chi connectivity index (χ2n) is 9.06. The fraction of sp³-hybridized carbons (Fsp3) is 0.241. The number of hydrogen-bond acceptors (Lipinski definition) is 4. The highest BCUT2D eigenvalue weighted by Crippen LogP contribution is 2.30. The van der Waals surface area contributed by atoms with Crippen LogP contribution in [0.2, 0.25) is 0 Å². The topological polar surface area (TPSA) is 81.4 Å². The summed E-state index contributed by atoms with van der Waals surface area (Å²) in [5, 5.41) is 14.3. The van der Waals surface area contributed by atoms with Gasteiger partial charge in [0.25, 0.3) is 0 Å². The van der Waals surface area contributed by atoms with Gasteiger partial charge in [-0.15, -0.1) is 5.10 Å². The number of tetrazole rings is 1. The average molecular weight is 497 g/mol. The summed E-state index contributed by atoms with van der Waals surface area (Å²) in [7, 11) is 0. The van der Waals surface area contributed by atoms with Crippen LogP contribution in [0.3, 0.4) is 0 Å². The van der Waals surface area contributed by atoms with Crippen LogP contribution in [0, 0.1) is 0 Å². The van der Waals surface area contributed by atoms with Gasteiger partial charge in [-0.25, -0.2) is 14.3 Å². The minimum Gasteiger partial charge on any atom is -0.292 e. The van der Waals surface area contributed by atoms with Gasteiger partial charge in [0.2, 0.25) is 0 Å². The molecule has 3 aromatic carbocycles. The van der Waals surface area contributed by atoms with E-state index in [1.54, 1.807) is 9.13 Å². The fourth-order valence-corrected chi connectivity index (χ4v) is 4.74. The molecule has 0 bridgehead atoms. The maximum absolute atomic E-state index is 14.3. The molecule has 188 valence electrons. The van der Waals surface area contributed by atoms with E-state index in [9.17, 15) is 9.18 Å². The van der Waals surface area contributed by atoms with Gasteiger partial charge in [0.1, 0.15) is 6.67 Å². The maximum Gasteiger partial charge on any atom is 0.329 e. The van der Waals surface area contributed by atoms with Crippen molar-refractivity contribution in [1.82, 2.24) is 29.8 Å². The third-order valence-electron chi connectivity index (χ3n) is 6.66. The summed E-state index contributed by atoms with van der Waals surface area (Å²) in [6.45, 7) is 2.18. The lowest BCUT2D eigenvalue weighted by atomic mass is 9.98. The molecular weight excluding hydrogens is 467 g/mol. The Morgan fingerprint density at radius 3 is 2.11 bits per heavy atom. The van der Waals surface area contributed by atoms with Gasteiger partial charge in [-0.2, -0.15) is 0 Å². The van der Waals surface area contributed by atoms with Crippen molar-refractivity contribution in [2.45, 2.75) is 46.0 Å². The lowest BCUT2D eigenvalue weighted by Crippen LogP contribution is -2.26. The first-order valence-corrected chi connectivity index (χ1v) is 12.5. The second-order valence-corrected chi connectivity index (χ2v) is 9.06. The van der Waals surface area contributed by atoms with E-state index in [2.05, 4.69) is 27.5 Å². The lowest BCUT2D eigenvalue weighted by Gasteiger charge is -2.11. The Morgan fingerprint density at radius 2 is 1.46 bits per heavy atom. The number of alkyl halides is 1. The number of imidazole rings is 1. The highest BCUT2D eigenvalue weighted by Gasteiger charge is 2.20. The van der Waals surface area contributed by atoms with E-state index < -0.39 is 6.67 Å². The number of nitrogens with one attached hydrogen (secondary N) is 1. The molecule has 5 rings (SSSR count). The number of hydrogen-bond donors (Lipinski definition) is 1. The summed E-state index contributed by atoms with van der Waals surface area (Å²) >= 11 is 0. The normalized spacial score (nSPS) is 11.2. The summed E-state index contributed by atoms with van der Waals surface area (Å²) in [5.74, 6) is 0.602. The van der Waals surface area contributed by atoms with Crippen molar-refractivity contribution in [1.29, 1.82) is 0 Å². The van der Waals surface area contributed by atoms with Gasteiger partial charge in [-0.05, 0) is 45.5 Å². The van der Waals surface area contributed by atoms with E-state index in [1.807, 2.05) is 78.9 Å². The molecule has 5 aromatic rings. The van der Waals surface area contributed by atoms with Crippen LogP contribution < -0.4 is 5.69 Å². The van der Waals surface area contributed by atoms with E-state index in [0.29, 0.717) is 31.0 Å². The van der Waals surface area contributed by atoms with Gasteiger partial charge >= 0.3 is 5.69 Å². The molecule has 0 unspecified atom stereocenters. The van der Waals surface area contributed by atoms with E-state index >= 15 is 0 Å². The number of nitrogens with zero attached hydrogens (tertiary/aromatic N) is 5. The minimum absolute atomic E-state index is 0.171. The van der Waals surface area contributed by atoms with Gasteiger partial charge < -0.3 is 0 Å². The zero-order chi connectivity index (χ0) is 25.6. The van der Waals surface area contributed by atoms with Gasteiger partial charge in [-0.1, -0.05) is 92.2 Å². The summed E-state index contributed by atoms with van der Waals surface area (Å²) < 4.78 is 17.7. The van der Waals surface area contributed by atoms with Crippen molar-refractivity contribution in [2.75, 3.05) is 0 Å². The standard InChI is InChI=1S/C29H29FN6O/c1-2-3-13-26-27(18-30)36(19-21-9-5-4-6-10-21)29(37)35(26)20-22-14-16-23(17-15-22)24-11-7-8-12-25(24)28-31-33-34-32-28/h4-12,14-17H,2-3,13,18-20H2,1H3,(H,31,32,33,34). The SMILES string of the molecule is CCCCc1c(CF)n(Cc2ccccc2)c(=O)n1Cc1ccc(-c2ccccc2-c2nnn[nH]2)cc1. The van der Waals surface area contributed by atoms with Gasteiger partial charge in [0.15, 0.2) is 5.82 Å². The zero-order valence-electron chi connectivity index (χ0n) is 20.8. The van der Waals surface area contributed by atoms with Crippen molar-refractivity contribution in [3.8, 4) is 22.5 Å². The number of benzene rings is 3. The average Bonchev–Trinajstić information content (AvgIpc) is 3.56. The van der Waals surface area contributed by atoms with Crippen LogP contribution in [0.1, 0.15) is 42.3 Å². The number of unbranched alkanes of at least 4 members (excludes halogenated alkanes) is 1. The predicted octanol–water partition coefficient (Wildman–Crippen LogP) is 5.41. The predicted molar refractivity (Wildman–Crippen MR) is 142 cm³/mol. The molecule has 2 aromatic heterocycles. The number of halogens is 1. The largest absolute Gasteiger partial charge is 0.329 e. The Balaban J connectivity index is 1.48. The van der Waals surface area contributed by atoms with E-state index in [-0.39, 0.29) is 5.69 Å². The van der Waals surface area contributed by atoms with Crippen LogP contribution in [-0.2, 0) is 26.2 Å². The number of aromatic nitrogens is 6.